The number of nitrogens with one attached hydrogen (secondary N) is 2. The number of hydrogen-bond acceptors (Lipinski definition) is 6. The third-order valence-electron chi connectivity index (χ3n) is 5.83. The maximum atomic E-state index is 14.8. The number of amides is 3. The van der Waals surface area contributed by atoms with Crippen molar-refractivity contribution in [3.05, 3.63) is 45.4 Å². The number of ether oxygens (including phenoxy) is 1. The van der Waals surface area contributed by atoms with Crippen molar-refractivity contribution in [1.82, 2.24) is 10.2 Å². The molecule has 0 unspecified atom stereocenters. The van der Waals surface area contributed by atoms with Gasteiger partial charge in [0.05, 0.1) is 28.1 Å². The molecule has 200 valence electrons. The Morgan fingerprint density at radius 3 is 2.59 bits per heavy atom. The normalized spacial score (nSPS) is 17.1. The highest BCUT2D eigenvalue weighted by molar-refractivity contribution is 7.18. The zero-order chi connectivity index (χ0) is 26.7. The minimum Gasteiger partial charge on any atom is -0.370 e. The van der Waals surface area contributed by atoms with Gasteiger partial charge >= 0.3 is 6.18 Å². The van der Waals surface area contributed by atoms with Crippen molar-refractivity contribution < 1.29 is 36.7 Å². The molecule has 0 bridgehead atoms. The van der Waals surface area contributed by atoms with Crippen molar-refractivity contribution >= 4 is 52.0 Å². The van der Waals surface area contributed by atoms with Crippen LogP contribution in [0.2, 0.25) is 4.34 Å². The molecule has 1 aromatic carbocycles. The van der Waals surface area contributed by atoms with Crippen LogP contribution in [-0.2, 0) is 14.3 Å². The fraction of sp³-hybridized carbons (Fsp3) is 0.435. The summed E-state index contributed by atoms with van der Waals surface area (Å²) in [6.07, 6.45) is -3.62. The zero-order valence-electron chi connectivity index (χ0n) is 19.3. The van der Waals surface area contributed by atoms with Crippen LogP contribution in [0.1, 0.15) is 22.5 Å². The highest BCUT2D eigenvalue weighted by atomic mass is 35.5. The minimum absolute atomic E-state index is 0.00130. The van der Waals surface area contributed by atoms with E-state index in [0.717, 1.165) is 22.3 Å². The van der Waals surface area contributed by atoms with Gasteiger partial charge < -0.3 is 20.3 Å². The number of carbonyl (C=O) groups excluding carboxylic acids is 3. The average Bonchev–Trinajstić information content (AvgIpc) is 3.58. The Balaban J connectivity index is 1.51. The molecule has 8 nitrogen and oxygen atoms in total. The van der Waals surface area contributed by atoms with Crippen molar-refractivity contribution in [2.24, 2.45) is 0 Å². The van der Waals surface area contributed by atoms with Gasteiger partial charge in [0.2, 0.25) is 5.91 Å². The lowest BCUT2D eigenvalue weighted by Crippen LogP contribution is -2.54. The van der Waals surface area contributed by atoms with Crippen LogP contribution in [0.25, 0.3) is 0 Å². The van der Waals surface area contributed by atoms with Gasteiger partial charge in [0.15, 0.2) is 0 Å². The number of alkyl halides is 3. The Morgan fingerprint density at radius 1 is 1.24 bits per heavy atom. The van der Waals surface area contributed by atoms with E-state index in [0.29, 0.717) is 17.2 Å². The first-order valence-electron chi connectivity index (χ1n) is 11.4. The highest BCUT2D eigenvalue weighted by Crippen LogP contribution is 2.32. The molecule has 2 N–H and O–H groups in total. The molecule has 0 radical (unpaired) electrons. The molecular formula is C23H23ClF4N4O4S. The molecule has 2 heterocycles. The van der Waals surface area contributed by atoms with Crippen LogP contribution in [-0.4, -0.2) is 73.7 Å². The Morgan fingerprint density at radius 2 is 2.00 bits per heavy atom. The lowest BCUT2D eigenvalue weighted by molar-refractivity contribution is -0.155. The van der Waals surface area contributed by atoms with Crippen molar-refractivity contribution in [2.45, 2.75) is 31.1 Å². The first-order chi connectivity index (χ1) is 17.5. The van der Waals surface area contributed by atoms with Gasteiger partial charge in [0.25, 0.3) is 11.8 Å². The van der Waals surface area contributed by atoms with Crippen LogP contribution in [0.4, 0.5) is 28.9 Å². The van der Waals surface area contributed by atoms with Crippen LogP contribution >= 0.6 is 22.9 Å². The number of nitrogens with zero attached hydrogens (tertiary/aromatic N) is 2. The van der Waals surface area contributed by atoms with E-state index in [1.807, 2.05) is 0 Å². The summed E-state index contributed by atoms with van der Waals surface area (Å²) in [6.45, 7) is -1.53. The number of anilines is 2. The van der Waals surface area contributed by atoms with Gasteiger partial charge in [-0.05, 0) is 43.2 Å². The molecule has 1 aliphatic carbocycles. The van der Waals surface area contributed by atoms with Crippen molar-refractivity contribution in [2.75, 3.05) is 43.1 Å². The summed E-state index contributed by atoms with van der Waals surface area (Å²) < 4.78 is 60.3. The fourth-order valence-corrected chi connectivity index (χ4v) is 4.94. The second kappa shape index (κ2) is 11.3. The molecule has 1 aliphatic heterocycles. The summed E-state index contributed by atoms with van der Waals surface area (Å²) >= 11 is 6.84. The molecule has 37 heavy (non-hydrogen) atoms. The SMILES string of the molecule is O=C(NC[C@H](C(=O)Nc1ccc(N2CCOCC2=O)c(F)c1)N(CC(F)(F)F)C1CC1)c1ccc(Cl)s1. The summed E-state index contributed by atoms with van der Waals surface area (Å²) in [7, 11) is 0. The first kappa shape index (κ1) is 27.3. The largest absolute Gasteiger partial charge is 0.401 e. The predicted octanol–water partition coefficient (Wildman–Crippen LogP) is 3.67. The number of morpholine rings is 1. The molecule has 2 fully saturated rings. The van der Waals surface area contributed by atoms with Gasteiger partial charge in [0, 0.05) is 24.8 Å². The Hall–Kier alpha value is -2.74. The topological polar surface area (TPSA) is 91.0 Å². The van der Waals surface area contributed by atoms with Gasteiger partial charge in [-0.3, -0.25) is 19.3 Å². The number of hydrogen-bond donors (Lipinski definition) is 2. The molecule has 2 aromatic rings. The standard InChI is InChI=1S/C23H23ClF4N4O4S/c24-19-6-5-18(37-19)22(35)29-10-17(32(14-2-3-14)12-23(26,27)28)21(34)30-13-1-4-16(15(25)9-13)31-7-8-36-11-20(31)33/h1,4-6,9,14,17H,2-3,7-8,10-12H2,(H,29,35)(H,30,34)/t17-/m1/s1. The van der Waals surface area contributed by atoms with E-state index in [9.17, 15) is 31.9 Å². The number of thiophene rings is 1. The van der Waals surface area contributed by atoms with Gasteiger partial charge in [0.1, 0.15) is 18.5 Å². The van der Waals surface area contributed by atoms with E-state index < -0.39 is 54.9 Å². The number of halogens is 5. The molecule has 1 atom stereocenters. The van der Waals surface area contributed by atoms with E-state index in [-0.39, 0.29) is 36.0 Å². The molecule has 0 spiro atoms. The highest BCUT2D eigenvalue weighted by Gasteiger charge is 2.43. The summed E-state index contributed by atoms with van der Waals surface area (Å²) in [5, 5.41) is 4.96. The smallest absolute Gasteiger partial charge is 0.370 e. The maximum Gasteiger partial charge on any atom is 0.401 e. The molecule has 1 aromatic heterocycles. The molecule has 2 aliphatic rings. The van der Waals surface area contributed by atoms with Crippen LogP contribution in [0.3, 0.4) is 0 Å². The van der Waals surface area contributed by atoms with Crippen molar-refractivity contribution in [3.63, 3.8) is 0 Å². The third kappa shape index (κ3) is 7.18. The average molecular weight is 563 g/mol. The van der Waals surface area contributed by atoms with Crippen molar-refractivity contribution in [1.29, 1.82) is 0 Å². The fourth-order valence-electron chi connectivity index (χ4n) is 3.98. The van der Waals surface area contributed by atoms with Crippen LogP contribution in [0, 0.1) is 5.82 Å². The quantitative estimate of drug-likeness (QED) is 0.455. The molecule has 14 heteroatoms. The summed E-state index contributed by atoms with van der Waals surface area (Å²) in [4.78, 5) is 40.1. The van der Waals surface area contributed by atoms with Crippen LogP contribution < -0.4 is 15.5 Å². The monoisotopic (exact) mass is 562 g/mol. The van der Waals surface area contributed by atoms with E-state index in [4.69, 9.17) is 16.3 Å². The Kier molecular flexibility index (Phi) is 8.36. The molecule has 1 saturated heterocycles. The van der Waals surface area contributed by atoms with E-state index in [2.05, 4.69) is 10.6 Å². The summed E-state index contributed by atoms with van der Waals surface area (Å²) in [5.74, 6) is -2.63. The lowest BCUT2D eigenvalue weighted by Gasteiger charge is -2.31. The zero-order valence-corrected chi connectivity index (χ0v) is 20.9. The first-order valence-corrected chi connectivity index (χ1v) is 12.6. The molecular weight excluding hydrogens is 540 g/mol. The molecule has 3 amide bonds. The number of carbonyl (C=O) groups is 3. The van der Waals surface area contributed by atoms with E-state index >= 15 is 0 Å². The predicted molar refractivity (Wildman–Crippen MR) is 129 cm³/mol. The minimum atomic E-state index is -4.58. The van der Waals surface area contributed by atoms with Gasteiger partial charge in [-0.2, -0.15) is 13.2 Å². The van der Waals surface area contributed by atoms with Gasteiger partial charge in [-0.1, -0.05) is 11.6 Å². The Labute approximate surface area is 218 Å². The maximum absolute atomic E-state index is 14.8. The van der Waals surface area contributed by atoms with E-state index in [1.165, 1.54) is 29.2 Å². The van der Waals surface area contributed by atoms with Gasteiger partial charge in [-0.15, -0.1) is 11.3 Å². The summed E-state index contributed by atoms with van der Waals surface area (Å²) in [6, 6.07) is 4.77. The van der Waals surface area contributed by atoms with Gasteiger partial charge in [-0.25, -0.2) is 4.39 Å². The number of rotatable bonds is 9. The van der Waals surface area contributed by atoms with E-state index in [1.54, 1.807) is 0 Å². The number of benzene rings is 1. The second-order valence-corrected chi connectivity index (χ2v) is 10.3. The van der Waals surface area contributed by atoms with Crippen LogP contribution in [0.5, 0.6) is 0 Å². The molecule has 4 rings (SSSR count). The second-order valence-electron chi connectivity index (χ2n) is 8.60. The summed E-state index contributed by atoms with van der Waals surface area (Å²) in [5.41, 5.74) is -0.00233. The van der Waals surface area contributed by atoms with Crippen LogP contribution in [0.15, 0.2) is 30.3 Å². The third-order valence-corrected chi connectivity index (χ3v) is 7.06. The lowest BCUT2D eigenvalue weighted by atomic mass is 10.1. The van der Waals surface area contributed by atoms with Crippen molar-refractivity contribution in [3.8, 4) is 0 Å². The molecule has 1 saturated carbocycles. The Bertz CT molecular complexity index is 1170.